The molecule has 1 saturated heterocycles. The first-order valence-electron chi connectivity index (χ1n) is 10.4. The minimum Gasteiger partial charge on any atom is -0.497 e. The van der Waals surface area contributed by atoms with Crippen molar-refractivity contribution >= 4 is 52.8 Å². The van der Waals surface area contributed by atoms with Gasteiger partial charge in [-0.3, -0.25) is 4.90 Å². The van der Waals surface area contributed by atoms with Crippen LogP contribution in [0.4, 0.5) is 5.69 Å². The molecule has 2 aliphatic rings. The molecule has 0 spiro atoms. The van der Waals surface area contributed by atoms with E-state index in [0.29, 0.717) is 29.3 Å². The highest BCUT2D eigenvalue weighted by molar-refractivity contribution is 6.58. The first-order chi connectivity index (χ1) is 15.2. The average molecular weight is 492 g/mol. The number of aromatic hydroxyl groups is 1. The zero-order chi connectivity index (χ0) is 21.2. The van der Waals surface area contributed by atoms with Gasteiger partial charge in [-0.15, -0.1) is 24.8 Å². The second-order valence-corrected chi connectivity index (χ2v) is 7.60. The first kappa shape index (κ1) is 24.9. The maximum absolute atomic E-state index is 10.7. The standard InChI is InChI=1S/C23H25N5O3.2ClH/c1-30-15-6-7-19-17(14-15)20(23(29)26-19)22-21(16-4-2-3-5-18(16)25-22)27-31-13-12-28-10-8-24-9-11-28;;/h2-7,14,24,26,29H,8-13H2,1H3;2*1H/b27-21+;;. The zero-order valence-electron chi connectivity index (χ0n) is 18.2. The number of nitrogens with one attached hydrogen (secondary N) is 2. The van der Waals surface area contributed by atoms with Crippen molar-refractivity contribution in [2.24, 2.45) is 10.1 Å². The fourth-order valence-corrected chi connectivity index (χ4v) is 4.08. The summed E-state index contributed by atoms with van der Waals surface area (Å²) < 4.78 is 5.38. The number of halogens is 2. The smallest absolute Gasteiger partial charge is 0.199 e. The summed E-state index contributed by atoms with van der Waals surface area (Å²) in [5, 5.41) is 19.3. The SMILES string of the molecule is COc1ccc2[nH]c(O)c(C3=Nc4ccccc4/C3=N\OCCN3CCNCC3)c2c1.Cl.Cl. The van der Waals surface area contributed by atoms with E-state index in [0.717, 1.165) is 54.9 Å². The number of oxime groups is 1. The largest absolute Gasteiger partial charge is 0.497 e. The van der Waals surface area contributed by atoms with Crippen LogP contribution >= 0.6 is 24.8 Å². The van der Waals surface area contributed by atoms with Crippen LogP contribution in [0.5, 0.6) is 11.6 Å². The van der Waals surface area contributed by atoms with E-state index in [2.05, 4.69) is 20.4 Å². The first-order valence-corrected chi connectivity index (χ1v) is 10.4. The van der Waals surface area contributed by atoms with E-state index in [1.54, 1.807) is 7.11 Å². The van der Waals surface area contributed by atoms with Crippen molar-refractivity contribution in [2.75, 3.05) is 46.4 Å². The summed E-state index contributed by atoms with van der Waals surface area (Å²) in [4.78, 5) is 15.9. The molecule has 8 nitrogen and oxygen atoms in total. The number of piperazine rings is 1. The lowest BCUT2D eigenvalue weighted by atomic mass is 10.0. The Labute approximate surface area is 204 Å². The second-order valence-electron chi connectivity index (χ2n) is 7.60. The Bertz CT molecular complexity index is 1170. The van der Waals surface area contributed by atoms with Gasteiger partial charge in [0.15, 0.2) is 5.88 Å². The van der Waals surface area contributed by atoms with Crippen molar-refractivity contribution in [3.05, 3.63) is 53.6 Å². The molecular weight excluding hydrogens is 465 g/mol. The second kappa shape index (κ2) is 10.9. The summed E-state index contributed by atoms with van der Waals surface area (Å²) >= 11 is 0. The number of ether oxygens (including phenoxy) is 1. The van der Waals surface area contributed by atoms with Gasteiger partial charge in [0.2, 0.25) is 0 Å². The Hall–Kier alpha value is -2.78. The molecule has 176 valence electrons. The van der Waals surface area contributed by atoms with E-state index >= 15 is 0 Å². The number of H-pyrrole nitrogens is 1. The molecular formula is C23H27Cl2N5O3. The van der Waals surface area contributed by atoms with E-state index < -0.39 is 0 Å². The van der Waals surface area contributed by atoms with Crippen LogP contribution in [0, 0.1) is 0 Å². The van der Waals surface area contributed by atoms with Crippen LogP contribution in [0.2, 0.25) is 0 Å². The quantitative estimate of drug-likeness (QED) is 0.362. The van der Waals surface area contributed by atoms with Gasteiger partial charge in [0, 0.05) is 49.2 Å². The van der Waals surface area contributed by atoms with Gasteiger partial charge >= 0.3 is 0 Å². The van der Waals surface area contributed by atoms with Crippen molar-refractivity contribution in [3.63, 3.8) is 0 Å². The third kappa shape index (κ3) is 4.94. The van der Waals surface area contributed by atoms with Gasteiger partial charge in [0.1, 0.15) is 23.8 Å². The Morgan fingerprint density at radius 3 is 2.70 bits per heavy atom. The lowest BCUT2D eigenvalue weighted by molar-refractivity contribution is 0.106. The van der Waals surface area contributed by atoms with Crippen molar-refractivity contribution in [3.8, 4) is 11.6 Å². The number of benzene rings is 2. The minimum atomic E-state index is 0. The topological polar surface area (TPSA) is 94.5 Å². The number of aromatic nitrogens is 1. The molecule has 3 aromatic rings. The number of methoxy groups -OCH3 is 1. The highest BCUT2D eigenvalue weighted by atomic mass is 35.5. The van der Waals surface area contributed by atoms with Gasteiger partial charge in [0.05, 0.1) is 18.4 Å². The van der Waals surface area contributed by atoms with Crippen LogP contribution in [-0.4, -0.2) is 72.9 Å². The number of hydrogen-bond donors (Lipinski definition) is 3. The molecule has 0 aliphatic carbocycles. The molecule has 0 atom stereocenters. The number of nitrogens with zero attached hydrogens (tertiary/aromatic N) is 3. The molecule has 1 fully saturated rings. The van der Waals surface area contributed by atoms with Crippen LogP contribution in [0.25, 0.3) is 10.9 Å². The van der Waals surface area contributed by atoms with Gasteiger partial charge in [-0.2, -0.15) is 0 Å². The van der Waals surface area contributed by atoms with Crippen molar-refractivity contribution in [1.29, 1.82) is 0 Å². The van der Waals surface area contributed by atoms with Gasteiger partial charge in [0.25, 0.3) is 0 Å². The van der Waals surface area contributed by atoms with Gasteiger partial charge < -0.3 is 25.0 Å². The maximum Gasteiger partial charge on any atom is 0.199 e. The Morgan fingerprint density at radius 1 is 1.12 bits per heavy atom. The lowest BCUT2D eigenvalue weighted by Gasteiger charge is -2.26. The third-order valence-corrected chi connectivity index (χ3v) is 5.70. The van der Waals surface area contributed by atoms with Crippen LogP contribution in [-0.2, 0) is 4.84 Å². The van der Waals surface area contributed by atoms with Gasteiger partial charge in [-0.05, 0) is 24.3 Å². The molecule has 2 aromatic carbocycles. The summed E-state index contributed by atoms with van der Waals surface area (Å²) in [6.45, 7) is 5.35. The average Bonchev–Trinajstić information content (AvgIpc) is 3.33. The predicted octanol–water partition coefficient (Wildman–Crippen LogP) is 3.49. The van der Waals surface area contributed by atoms with E-state index in [1.165, 1.54) is 0 Å². The van der Waals surface area contributed by atoms with Crippen molar-refractivity contribution in [1.82, 2.24) is 15.2 Å². The molecule has 0 radical (unpaired) electrons. The molecule has 33 heavy (non-hydrogen) atoms. The number of aliphatic imine (C=N–C) groups is 1. The summed E-state index contributed by atoms with van der Waals surface area (Å²) in [6, 6.07) is 13.4. The lowest BCUT2D eigenvalue weighted by Crippen LogP contribution is -2.44. The zero-order valence-corrected chi connectivity index (χ0v) is 19.8. The Morgan fingerprint density at radius 2 is 1.91 bits per heavy atom. The Balaban J connectivity index is 0.00000153. The van der Waals surface area contributed by atoms with Crippen LogP contribution in [0.15, 0.2) is 52.6 Å². The molecule has 3 heterocycles. The van der Waals surface area contributed by atoms with Gasteiger partial charge in [-0.25, -0.2) is 4.99 Å². The molecule has 2 aliphatic heterocycles. The van der Waals surface area contributed by atoms with E-state index in [4.69, 9.17) is 14.6 Å². The molecule has 0 unspecified atom stereocenters. The number of fused-ring (bicyclic) bond motifs is 2. The molecule has 1 aromatic heterocycles. The van der Waals surface area contributed by atoms with Crippen LogP contribution in [0.1, 0.15) is 11.1 Å². The summed E-state index contributed by atoms with van der Waals surface area (Å²) in [7, 11) is 1.62. The highest BCUT2D eigenvalue weighted by Crippen LogP contribution is 2.36. The number of rotatable bonds is 6. The number of para-hydroxylation sites is 1. The molecule has 0 saturated carbocycles. The van der Waals surface area contributed by atoms with Crippen LogP contribution in [0.3, 0.4) is 0 Å². The van der Waals surface area contributed by atoms with E-state index in [-0.39, 0.29) is 30.7 Å². The van der Waals surface area contributed by atoms with E-state index in [1.807, 2.05) is 42.5 Å². The van der Waals surface area contributed by atoms with Gasteiger partial charge in [-0.1, -0.05) is 23.4 Å². The fraction of sp³-hybridized carbons (Fsp3) is 0.304. The Kier molecular flexibility index (Phi) is 8.20. The monoisotopic (exact) mass is 491 g/mol. The van der Waals surface area contributed by atoms with Crippen molar-refractivity contribution in [2.45, 2.75) is 0 Å². The summed E-state index contributed by atoms with van der Waals surface area (Å²) in [5.74, 6) is 0.748. The maximum atomic E-state index is 10.7. The molecule has 3 N–H and O–H groups in total. The minimum absolute atomic E-state index is 0. The summed E-state index contributed by atoms with van der Waals surface area (Å²) in [5.41, 5.74) is 4.28. The van der Waals surface area contributed by atoms with E-state index in [9.17, 15) is 5.11 Å². The molecule has 10 heteroatoms. The predicted molar refractivity (Wildman–Crippen MR) is 135 cm³/mol. The normalized spacial score (nSPS) is 16.6. The molecule has 5 rings (SSSR count). The number of hydrogen-bond acceptors (Lipinski definition) is 7. The highest BCUT2D eigenvalue weighted by Gasteiger charge is 2.29. The molecule has 0 amide bonds. The summed E-state index contributed by atoms with van der Waals surface area (Å²) in [6.07, 6.45) is 0. The third-order valence-electron chi connectivity index (χ3n) is 5.70. The van der Waals surface area contributed by atoms with Crippen LogP contribution < -0.4 is 10.1 Å². The number of aromatic amines is 1. The van der Waals surface area contributed by atoms with Crippen molar-refractivity contribution < 1.29 is 14.7 Å². The fourth-order valence-electron chi connectivity index (χ4n) is 4.08. The molecule has 0 bridgehead atoms.